The van der Waals surface area contributed by atoms with Crippen LogP contribution in [0.4, 0.5) is 0 Å². The Balaban J connectivity index is 1.71. The fraction of sp³-hybridized carbons (Fsp3) is 0.786. The van der Waals surface area contributed by atoms with Crippen LogP contribution in [0.15, 0.2) is 5.16 Å². The van der Waals surface area contributed by atoms with E-state index in [1.165, 1.54) is 25.7 Å². The summed E-state index contributed by atoms with van der Waals surface area (Å²) in [5.74, 6) is 1.29. The number of primary amides is 1. The quantitative estimate of drug-likeness (QED) is 0.745. The molecule has 0 radical (unpaired) electrons. The number of nitrogens with two attached hydrogens (primary N) is 2. The van der Waals surface area contributed by atoms with Crippen molar-refractivity contribution in [2.24, 2.45) is 11.5 Å². The lowest BCUT2D eigenvalue weighted by Gasteiger charge is -2.24. The Morgan fingerprint density at radius 2 is 2.10 bits per heavy atom. The molecule has 1 heterocycles. The molecule has 0 aliphatic heterocycles. The zero-order chi connectivity index (χ0) is 15.2. The molecule has 1 aromatic heterocycles. The number of rotatable bonds is 7. The minimum atomic E-state index is -0.976. The summed E-state index contributed by atoms with van der Waals surface area (Å²) >= 11 is 1.65. The smallest absolute Gasteiger partial charge is 0.237 e. The molecule has 2 fully saturated rings. The lowest BCUT2D eigenvalue weighted by molar-refractivity contribution is -0.122. The molecule has 0 aromatic carbocycles. The van der Waals surface area contributed by atoms with Gasteiger partial charge in [0.25, 0.3) is 0 Å². The lowest BCUT2D eigenvalue weighted by atomic mass is 9.97. The van der Waals surface area contributed by atoms with E-state index in [0.29, 0.717) is 18.4 Å². The normalized spacial score (nSPS) is 22.8. The summed E-state index contributed by atoms with van der Waals surface area (Å²) in [6, 6.07) is 0.575. The number of amides is 1. The molecule has 7 heteroatoms. The molecular weight excluding hydrogens is 286 g/mol. The maximum Gasteiger partial charge on any atom is 0.237 e. The van der Waals surface area contributed by atoms with Gasteiger partial charge in [-0.25, -0.2) is 0 Å². The van der Waals surface area contributed by atoms with Gasteiger partial charge in [0, 0.05) is 17.2 Å². The van der Waals surface area contributed by atoms with Gasteiger partial charge < -0.3 is 16.0 Å². The van der Waals surface area contributed by atoms with Gasteiger partial charge in [-0.05, 0) is 39.0 Å². The minimum absolute atomic E-state index is 0.168. The van der Waals surface area contributed by atoms with Crippen LogP contribution in [0.2, 0.25) is 0 Å². The fourth-order valence-electron chi connectivity index (χ4n) is 2.58. The van der Waals surface area contributed by atoms with Gasteiger partial charge in [0.1, 0.15) is 5.82 Å². The van der Waals surface area contributed by atoms with Gasteiger partial charge in [-0.3, -0.25) is 4.79 Å². The molecule has 2 unspecified atom stereocenters. The van der Waals surface area contributed by atoms with E-state index < -0.39 is 11.4 Å². The van der Waals surface area contributed by atoms with Crippen LogP contribution in [-0.4, -0.2) is 31.5 Å². The van der Waals surface area contributed by atoms with Gasteiger partial charge in [-0.15, -0.1) is 10.2 Å². The molecule has 0 spiro atoms. The third kappa shape index (κ3) is 3.23. The van der Waals surface area contributed by atoms with Gasteiger partial charge in [0.05, 0.1) is 5.54 Å². The number of hydrogen-bond acceptors (Lipinski definition) is 5. The first kappa shape index (κ1) is 14.8. The van der Waals surface area contributed by atoms with Crippen molar-refractivity contribution >= 4 is 17.7 Å². The first-order valence-electron chi connectivity index (χ1n) is 7.58. The predicted octanol–water partition coefficient (Wildman–Crippen LogP) is 1.56. The van der Waals surface area contributed by atoms with Crippen LogP contribution in [0, 0.1) is 0 Å². The van der Waals surface area contributed by atoms with Crippen LogP contribution in [0.25, 0.3) is 0 Å². The Labute approximate surface area is 129 Å². The van der Waals surface area contributed by atoms with Crippen LogP contribution >= 0.6 is 11.8 Å². The monoisotopic (exact) mass is 309 g/mol. The highest BCUT2D eigenvalue weighted by Crippen LogP contribution is 2.46. The van der Waals surface area contributed by atoms with E-state index >= 15 is 0 Å². The Hall–Kier alpha value is -1.08. The highest BCUT2D eigenvalue weighted by molar-refractivity contribution is 7.99. The first-order valence-corrected chi connectivity index (χ1v) is 8.46. The first-order chi connectivity index (χ1) is 9.88. The van der Waals surface area contributed by atoms with Crippen molar-refractivity contribution in [3.63, 3.8) is 0 Å². The van der Waals surface area contributed by atoms with Crippen molar-refractivity contribution < 1.29 is 4.79 Å². The van der Waals surface area contributed by atoms with Gasteiger partial charge in [0.2, 0.25) is 5.91 Å². The van der Waals surface area contributed by atoms with Gasteiger partial charge in [-0.1, -0.05) is 18.7 Å². The van der Waals surface area contributed by atoms with Gasteiger partial charge >= 0.3 is 0 Å². The van der Waals surface area contributed by atoms with Crippen LogP contribution in [0.5, 0.6) is 0 Å². The molecule has 6 nitrogen and oxygen atoms in total. The van der Waals surface area contributed by atoms with E-state index in [4.69, 9.17) is 11.5 Å². The van der Waals surface area contributed by atoms with Gasteiger partial charge in [-0.2, -0.15) is 0 Å². The third-order valence-electron chi connectivity index (χ3n) is 4.13. The summed E-state index contributed by atoms with van der Waals surface area (Å²) in [5, 5.41) is 9.90. The van der Waals surface area contributed by atoms with E-state index in [1.807, 2.05) is 0 Å². The molecule has 2 atom stereocenters. The van der Waals surface area contributed by atoms with Crippen molar-refractivity contribution in [2.75, 3.05) is 0 Å². The molecule has 21 heavy (non-hydrogen) atoms. The molecule has 3 rings (SSSR count). The van der Waals surface area contributed by atoms with Crippen molar-refractivity contribution in [1.29, 1.82) is 0 Å². The van der Waals surface area contributed by atoms with Crippen LogP contribution < -0.4 is 11.5 Å². The zero-order valence-corrected chi connectivity index (χ0v) is 13.4. The summed E-state index contributed by atoms with van der Waals surface area (Å²) in [6.07, 6.45) is 5.43. The molecule has 2 aliphatic rings. The number of carbonyl (C=O) groups excluding carboxylic acids is 1. The fourth-order valence-corrected chi connectivity index (χ4v) is 3.82. The number of nitrogens with zero attached hydrogens (tertiary/aromatic N) is 3. The molecule has 0 saturated heterocycles. The second-order valence-corrected chi connectivity index (χ2v) is 8.04. The number of thioether (sulfide) groups is 1. The van der Waals surface area contributed by atoms with Crippen LogP contribution in [0.3, 0.4) is 0 Å². The minimum Gasteiger partial charge on any atom is -0.368 e. The average Bonchev–Trinajstić information content (AvgIpc) is 3.28. The van der Waals surface area contributed by atoms with Crippen LogP contribution in [-0.2, 0) is 4.79 Å². The Morgan fingerprint density at radius 1 is 1.43 bits per heavy atom. The van der Waals surface area contributed by atoms with Crippen molar-refractivity contribution in [2.45, 2.75) is 73.9 Å². The Morgan fingerprint density at radius 3 is 2.62 bits per heavy atom. The summed E-state index contributed by atoms with van der Waals surface area (Å²) in [5.41, 5.74) is 10.3. The van der Waals surface area contributed by atoms with E-state index in [2.05, 4.69) is 21.7 Å². The standard InChI is InChI=1S/C14H23N5OS/c1-8(7-14(2,16)12(15)20)21-13-18-17-11(9-3-4-9)19(13)10-5-6-10/h8-10H,3-7,16H2,1-2H3,(H2,15,20). The second kappa shape index (κ2) is 5.28. The maximum absolute atomic E-state index is 11.4. The van der Waals surface area contributed by atoms with E-state index in [1.54, 1.807) is 18.7 Å². The Kier molecular flexibility index (Phi) is 3.73. The molecule has 4 N–H and O–H groups in total. The molecule has 2 saturated carbocycles. The topological polar surface area (TPSA) is 99.8 Å². The largest absolute Gasteiger partial charge is 0.368 e. The van der Waals surface area contributed by atoms with Crippen molar-refractivity contribution in [3.05, 3.63) is 5.82 Å². The van der Waals surface area contributed by atoms with E-state index in [-0.39, 0.29) is 5.25 Å². The molecule has 0 bridgehead atoms. The molecule has 1 amide bonds. The Bertz CT molecular complexity index is 548. The highest BCUT2D eigenvalue weighted by Gasteiger charge is 2.37. The molecule has 2 aliphatic carbocycles. The average molecular weight is 309 g/mol. The summed E-state index contributed by atoms with van der Waals surface area (Å²) in [4.78, 5) is 11.4. The predicted molar refractivity (Wildman–Crippen MR) is 82.0 cm³/mol. The summed E-state index contributed by atoms with van der Waals surface area (Å²) in [6.45, 7) is 3.75. The number of hydrogen-bond donors (Lipinski definition) is 2. The van der Waals surface area contributed by atoms with E-state index in [0.717, 1.165) is 11.0 Å². The SMILES string of the molecule is CC(CC(C)(N)C(N)=O)Sc1nnc(C2CC2)n1C1CC1. The highest BCUT2D eigenvalue weighted by atomic mass is 32.2. The van der Waals surface area contributed by atoms with Crippen LogP contribution in [0.1, 0.15) is 63.7 Å². The molecule has 1 aromatic rings. The van der Waals surface area contributed by atoms with Gasteiger partial charge in [0.15, 0.2) is 5.16 Å². The number of carbonyl (C=O) groups is 1. The van der Waals surface area contributed by atoms with E-state index in [9.17, 15) is 4.79 Å². The van der Waals surface area contributed by atoms with Crippen molar-refractivity contribution in [1.82, 2.24) is 14.8 Å². The molecular formula is C14H23N5OS. The molecule has 116 valence electrons. The second-order valence-electron chi connectivity index (χ2n) is 6.63. The third-order valence-corrected chi connectivity index (χ3v) is 5.18. The zero-order valence-electron chi connectivity index (χ0n) is 12.6. The maximum atomic E-state index is 11.4. The summed E-state index contributed by atoms with van der Waals surface area (Å²) in [7, 11) is 0. The lowest BCUT2D eigenvalue weighted by Crippen LogP contribution is -2.50. The summed E-state index contributed by atoms with van der Waals surface area (Å²) < 4.78 is 2.32. The number of aromatic nitrogens is 3. The van der Waals surface area contributed by atoms with Crippen molar-refractivity contribution in [3.8, 4) is 0 Å².